The van der Waals surface area contributed by atoms with E-state index >= 15 is 0 Å². The van der Waals surface area contributed by atoms with E-state index in [1.54, 1.807) is 0 Å². The molecule has 0 bridgehead atoms. The van der Waals surface area contributed by atoms with Gasteiger partial charge in [-0.25, -0.2) is 0 Å². The molecule has 4 nitrogen and oxygen atoms in total. The van der Waals surface area contributed by atoms with Gasteiger partial charge >= 0.3 is 0 Å². The predicted octanol–water partition coefficient (Wildman–Crippen LogP) is 5.97. The van der Waals surface area contributed by atoms with Crippen LogP contribution in [0.5, 0.6) is 0 Å². The molecule has 5 heteroatoms. The van der Waals surface area contributed by atoms with Crippen molar-refractivity contribution in [3.8, 4) is 5.69 Å². The van der Waals surface area contributed by atoms with Gasteiger partial charge < -0.3 is 4.57 Å². The quantitative estimate of drug-likeness (QED) is 0.455. The fourth-order valence-electron chi connectivity index (χ4n) is 3.68. The van der Waals surface area contributed by atoms with Crippen LogP contribution >= 0.6 is 15.9 Å². The number of aromatic nitrogens is 1. The van der Waals surface area contributed by atoms with Crippen LogP contribution in [0.1, 0.15) is 29.4 Å². The van der Waals surface area contributed by atoms with Crippen LogP contribution in [0.2, 0.25) is 0 Å². The van der Waals surface area contributed by atoms with E-state index in [1.807, 2.05) is 43.3 Å². The summed E-state index contributed by atoms with van der Waals surface area (Å²) in [6, 6.07) is 18.0. The predicted molar refractivity (Wildman–Crippen MR) is 123 cm³/mol. The molecule has 0 spiro atoms. The van der Waals surface area contributed by atoms with E-state index in [2.05, 4.69) is 70.6 Å². The Balaban J connectivity index is 1.73. The van der Waals surface area contributed by atoms with Crippen molar-refractivity contribution in [3.05, 3.63) is 87.2 Å². The number of carbonyl (C=O) groups excluding carboxylic acids is 1. The summed E-state index contributed by atoms with van der Waals surface area (Å²) in [5.41, 5.74) is 7.66. The molecule has 0 radical (unpaired) electrons. The Morgan fingerprint density at radius 2 is 1.66 bits per heavy atom. The average molecular weight is 448 g/mol. The number of hydrogen-bond acceptors (Lipinski definition) is 2. The lowest BCUT2D eigenvalue weighted by molar-refractivity contribution is -0.114. The third kappa shape index (κ3) is 3.47. The van der Waals surface area contributed by atoms with Gasteiger partial charge in [-0.3, -0.25) is 4.79 Å². The number of hydrogen-bond donors (Lipinski definition) is 0. The Morgan fingerprint density at radius 3 is 2.34 bits per heavy atom. The van der Waals surface area contributed by atoms with Gasteiger partial charge in [-0.2, -0.15) is 10.1 Å². The topological polar surface area (TPSA) is 37.6 Å². The zero-order valence-electron chi connectivity index (χ0n) is 16.9. The van der Waals surface area contributed by atoms with Crippen LogP contribution in [-0.2, 0) is 4.79 Å². The van der Waals surface area contributed by atoms with E-state index < -0.39 is 0 Å². The summed E-state index contributed by atoms with van der Waals surface area (Å²) >= 11 is 3.57. The lowest BCUT2D eigenvalue weighted by atomic mass is 10.1. The minimum Gasteiger partial charge on any atom is -0.318 e. The monoisotopic (exact) mass is 447 g/mol. The van der Waals surface area contributed by atoms with E-state index in [1.165, 1.54) is 10.6 Å². The van der Waals surface area contributed by atoms with Crippen molar-refractivity contribution in [2.24, 2.45) is 5.10 Å². The molecule has 0 aliphatic carbocycles. The number of nitrogens with zero attached hydrogens (tertiary/aromatic N) is 3. The molecule has 3 aromatic rings. The highest BCUT2D eigenvalue weighted by Gasteiger charge is 2.29. The molecule has 0 unspecified atom stereocenters. The maximum atomic E-state index is 13.0. The summed E-state index contributed by atoms with van der Waals surface area (Å²) in [6.45, 7) is 8.13. The van der Waals surface area contributed by atoms with Gasteiger partial charge in [0.15, 0.2) is 0 Å². The summed E-state index contributed by atoms with van der Waals surface area (Å²) in [4.78, 5) is 13.0. The van der Waals surface area contributed by atoms with Gasteiger partial charge in [0, 0.05) is 21.5 Å². The van der Waals surface area contributed by atoms with Gasteiger partial charge in [-0.15, -0.1) is 0 Å². The zero-order chi connectivity index (χ0) is 20.7. The molecule has 0 saturated heterocycles. The lowest BCUT2D eigenvalue weighted by Crippen LogP contribution is -2.21. The first-order chi connectivity index (χ1) is 13.9. The second-order valence-electron chi connectivity index (χ2n) is 7.29. The molecule has 1 aliphatic rings. The molecule has 0 fully saturated rings. The molecule has 0 N–H and O–H groups in total. The highest BCUT2D eigenvalue weighted by Crippen LogP contribution is 2.29. The molecule has 4 rings (SSSR count). The lowest BCUT2D eigenvalue weighted by Gasteiger charge is -2.12. The van der Waals surface area contributed by atoms with Crippen LogP contribution < -0.4 is 5.01 Å². The molecule has 2 heterocycles. The summed E-state index contributed by atoms with van der Waals surface area (Å²) in [5.74, 6) is -0.0991. The van der Waals surface area contributed by atoms with Crippen molar-refractivity contribution in [1.29, 1.82) is 0 Å². The first-order valence-electron chi connectivity index (χ1n) is 9.49. The number of rotatable bonds is 3. The van der Waals surface area contributed by atoms with Crippen molar-refractivity contribution < 1.29 is 4.79 Å². The van der Waals surface area contributed by atoms with Gasteiger partial charge in [-0.1, -0.05) is 34.1 Å². The molecule has 0 atom stereocenters. The normalized spacial score (nSPS) is 15.3. The molecule has 1 aliphatic heterocycles. The Kier molecular flexibility index (Phi) is 5.01. The summed E-state index contributed by atoms with van der Waals surface area (Å²) in [6.07, 6.45) is 1.95. The van der Waals surface area contributed by atoms with Gasteiger partial charge in [0.25, 0.3) is 5.91 Å². The SMILES string of the molecule is CC1=NN(c2ccccc2)C(=O)/C1=C/c1cc(C)n(-c2ccc(Br)c(C)c2)c1C. The average Bonchev–Trinajstić information content (AvgIpc) is 3.15. The van der Waals surface area contributed by atoms with E-state index in [-0.39, 0.29) is 5.91 Å². The second kappa shape index (κ2) is 7.48. The number of halogens is 1. The van der Waals surface area contributed by atoms with E-state index in [0.717, 1.165) is 38.5 Å². The van der Waals surface area contributed by atoms with E-state index in [0.29, 0.717) is 5.57 Å². The van der Waals surface area contributed by atoms with Crippen LogP contribution in [0.25, 0.3) is 11.8 Å². The third-order valence-corrected chi connectivity index (χ3v) is 6.12. The maximum absolute atomic E-state index is 13.0. The zero-order valence-corrected chi connectivity index (χ0v) is 18.5. The van der Waals surface area contributed by atoms with Crippen LogP contribution in [0.3, 0.4) is 0 Å². The molecular weight excluding hydrogens is 426 g/mol. The van der Waals surface area contributed by atoms with Crippen molar-refractivity contribution in [2.45, 2.75) is 27.7 Å². The fraction of sp³-hybridized carbons (Fsp3) is 0.167. The van der Waals surface area contributed by atoms with Crippen molar-refractivity contribution >= 4 is 39.3 Å². The number of hydrazone groups is 1. The molecule has 29 heavy (non-hydrogen) atoms. The number of benzene rings is 2. The second-order valence-corrected chi connectivity index (χ2v) is 8.15. The summed E-state index contributed by atoms with van der Waals surface area (Å²) < 4.78 is 3.31. The molecule has 146 valence electrons. The number of carbonyl (C=O) groups is 1. The number of anilines is 1. The number of para-hydroxylation sites is 1. The van der Waals surface area contributed by atoms with Crippen molar-refractivity contribution in [1.82, 2.24) is 4.57 Å². The highest BCUT2D eigenvalue weighted by molar-refractivity contribution is 9.10. The number of amides is 1. The van der Waals surface area contributed by atoms with E-state index in [9.17, 15) is 4.79 Å². The van der Waals surface area contributed by atoms with Gasteiger partial charge in [-0.05, 0) is 81.3 Å². The standard InChI is InChI=1S/C24H22BrN3O/c1-15-12-21(10-11-23(15)25)27-16(2)13-19(18(27)4)14-22-17(3)26-28(24(22)29)20-8-6-5-7-9-20/h5-14H,1-4H3/b22-14+. The number of aryl methyl sites for hydroxylation is 2. The largest absolute Gasteiger partial charge is 0.318 e. The van der Waals surface area contributed by atoms with Crippen LogP contribution in [-0.4, -0.2) is 16.2 Å². The molecule has 1 amide bonds. The Morgan fingerprint density at radius 1 is 0.931 bits per heavy atom. The van der Waals surface area contributed by atoms with Crippen LogP contribution in [0.15, 0.2) is 69.7 Å². The first-order valence-corrected chi connectivity index (χ1v) is 10.3. The summed E-state index contributed by atoms with van der Waals surface area (Å²) in [5, 5.41) is 5.95. The third-order valence-electron chi connectivity index (χ3n) is 5.23. The van der Waals surface area contributed by atoms with Crippen LogP contribution in [0, 0.1) is 20.8 Å². The first kappa shape index (κ1) is 19.4. The Bertz CT molecular complexity index is 1170. The Labute approximate surface area is 179 Å². The Hall–Kier alpha value is -2.92. The van der Waals surface area contributed by atoms with E-state index in [4.69, 9.17) is 0 Å². The smallest absolute Gasteiger partial charge is 0.280 e. The van der Waals surface area contributed by atoms with Gasteiger partial charge in [0.2, 0.25) is 0 Å². The van der Waals surface area contributed by atoms with Gasteiger partial charge in [0.1, 0.15) is 0 Å². The minimum atomic E-state index is -0.0991. The van der Waals surface area contributed by atoms with Crippen LogP contribution in [0.4, 0.5) is 5.69 Å². The maximum Gasteiger partial charge on any atom is 0.280 e. The van der Waals surface area contributed by atoms with Gasteiger partial charge in [0.05, 0.1) is 17.0 Å². The molecular formula is C24H22BrN3O. The molecule has 2 aromatic carbocycles. The minimum absolute atomic E-state index is 0.0991. The summed E-state index contributed by atoms with van der Waals surface area (Å²) in [7, 11) is 0. The fourth-order valence-corrected chi connectivity index (χ4v) is 3.93. The highest BCUT2D eigenvalue weighted by atomic mass is 79.9. The molecule has 1 aromatic heterocycles. The molecule has 0 saturated carbocycles. The van der Waals surface area contributed by atoms with Crippen molar-refractivity contribution in [3.63, 3.8) is 0 Å². The van der Waals surface area contributed by atoms with Crippen molar-refractivity contribution in [2.75, 3.05) is 5.01 Å².